The van der Waals surface area contributed by atoms with E-state index in [-0.39, 0.29) is 16.9 Å². The first kappa shape index (κ1) is 15.6. The van der Waals surface area contributed by atoms with Crippen LogP contribution in [0.1, 0.15) is 36.5 Å². The number of hydrogen-bond acceptors (Lipinski definition) is 3. The first-order valence-corrected chi connectivity index (χ1v) is 8.76. The molecule has 1 heterocycles. The average Bonchev–Trinajstić information content (AvgIpc) is 2.48. The van der Waals surface area contributed by atoms with Gasteiger partial charge in [-0.1, -0.05) is 41.8 Å². The SMILES string of the molecule is CCCCC1Sc2ccc(C(=O)CBr)cc2N(C)C1=O. The van der Waals surface area contributed by atoms with Crippen LogP contribution in [0, 0.1) is 0 Å². The number of thioether (sulfide) groups is 1. The first-order chi connectivity index (χ1) is 9.58. The van der Waals surface area contributed by atoms with Crippen molar-refractivity contribution in [3.05, 3.63) is 23.8 Å². The highest BCUT2D eigenvalue weighted by molar-refractivity contribution is 9.09. The summed E-state index contributed by atoms with van der Waals surface area (Å²) >= 11 is 4.80. The fourth-order valence-corrected chi connectivity index (χ4v) is 3.88. The zero-order chi connectivity index (χ0) is 14.7. The van der Waals surface area contributed by atoms with Crippen LogP contribution in [-0.2, 0) is 4.79 Å². The molecular formula is C15H18BrNO2S. The minimum Gasteiger partial charge on any atom is -0.313 e. The van der Waals surface area contributed by atoms with Crippen molar-refractivity contribution < 1.29 is 9.59 Å². The Balaban J connectivity index is 2.29. The van der Waals surface area contributed by atoms with Crippen LogP contribution in [0.4, 0.5) is 5.69 Å². The fraction of sp³-hybridized carbons (Fsp3) is 0.467. The summed E-state index contributed by atoms with van der Waals surface area (Å²) in [5.41, 5.74) is 1.49. The van der Waals surface area contributed by atoms with Crippen molar-refractivity contribution in [1.29, 1.82) is 0 Å². The Kier molecular flexibility index (Phi) is 5.27. The summed E-state index contributed by atoms with van der Waals surface area (Å²) in [5.74, 6) is 0.172. The monoisotopic (exact) mass is 355 g/mol. The van der Waals surface area contributed by atoms with E-state index in [1.54, 1.807) is 23.7 Å². The number of hydrogen-bond donors (Lipinski definition) is 0. The Hall–Kier alpha value is -0.810. The molecule has 1 aliphatic rings. The molecule has 0 fully saturated rings. The molecule has 3 nitrogen and oxygen atoms in total. The minimum atomic E-state index is 0.00479. The molecule has 1 amide bonds. The molecule has 0 saturated carbocycles. The molecule has 108 valence electrons. The Morgan fingerprint density at radius 3 is 2.85 bits per heavy atom. The van der Waals surface area contributed by atoms with Crippen LogP contribution in [0.15, 0.2) is 23.1 Å². The molecule has 2 rings (SSSR count). The lowest BCUT2D eigenvalue weighted by molar-refractivity contribution is -0.118. The molecule has 1 atom stereocenters. The third kappa shape index (κ3) is 3.09. The molecule has 0 spiro atoms. The third-order valence-electron chi connectivity index (χ3n) is 3.46. The average molecular weight is 356 g/mol. The van der Waals surface area contributed by atoms with Crippen LogP contribution >= 0.6 is 27.7 Å². The maximum Gasteiger partial charge on any atom is 0.240 e. The van der Waals surface area contributed by atoms with E-state index in [4.69, 9.17) is 0 Å². The number of benzene rings is 1. The molecule has 1 aromatic carbocycles. The van der Waals surface area contributed by atoms with Crippen LogP contribution in [0.25, 0.3) is 0 Å². The molecule has 1 aromatic rings. The number of amides is 1. The summed E-state index contributed by atoms with van der Waals surface area (Å²) in [6.07, 6.45) is 3.07. The number of Topliss-reactive ketones (excluding diaryl/α,β-unsaturated/α-hetero) is 1. The highest BCUT2D eigenvalue weighted by Crippen LogP contribution is 2.40. The Bertz CT molecular complexity index is 533. The van der Waals surface area contributed by atoms with Crippen molar-refractivity contribution in [1.82, 2.24) is 0 Å². The van der Waals surface area contributed by atoms with E-state index in [1.807, 2.05) is 18.2 Å². The minimum absolute atomic E-state index is 0.00479. The smallest absolute Gasteiger partial charge is 0.240 e. The molecule has 0 N–H and O–H groups in total. The summed E-state index contributed by atoms with van der Waals surface area (Å²) in [6.45, 7) is 2.13. The molecule has 0 saturated heterocycles. The second kappa shape index (κ2) is 6.76. The van der Waals surface area contributed by atoms with Gasteiger partial charge in [0, 0.05) is 17.5 Å². The number of unbranched alkanes of at least 4 members (excludes halogenated alkanes) is 1. The van der Waals surface area contributed by atoms with Gasteiger partial charge in [-0.05, 0) is 18.6 Å². The maximum absolute atomic E-state index is 12.4. The van der Waals surface area contributed by atoms with Crippen molar-refractivity contribution in [3.63, 3.8) is 0 Å². The Labute approximate surface area is 132 Å². The zero-order valence-corrected chi connectivity index (χ0v) is 14.1. The fourth-order valence-electron chi connectivity index (χ4n) is 2.24. The molecule has 0 radical (unpaired) electrons. The quantitative estimate of drug-likeness (QED) is 0.593. The van der Waals surface area contributed by atoms with Gasteiger partial charge in [-0.2, -0.15) is 0 Å². The lowest BCUT2D eigenvalue weighted by Crippen LogP contribution is -2.38. The predicted octanol–water partition coefficient (Wildman–Crippen LogP) is 3.89. The number of alkyl halides is 1. The van der Waals surface area contributed by atoms with Crippen LogP contribution in [0.2, 0.25) is 0 Å². The van der Waals surface area contributed by atoms with Crippen molar-refractivity contribution >= 4 is 45.1 Å². The highest BCUT2D eigenvalue weighted by Gasteiger charge is 2.31. The van der Waals surface area contributed by atoms with Crippen molar-refractivity contribution in [2.45, 2.75) is 36.3 Å². The summed E-state index contributed by atoms with van der Waals surface area (Å²) in [7, 11) is 1.79. The number of fused-ring (bicyclic) bond motifs is 1. The third-order valence-corrected chi connectivity index (χ3v) is 5.29. The molecular weight excluding hydrogens is 338 g/mol. The van der Waals surface area contributed by atoms with Crippen molar-refractivity contribution in [2.24, 2.45) is 0 Å². The van der Waals surface area contributed by atoms with E-state index in [2.05, 4.69) is 22.9 Å². The topological polar surface area (TPSA) is 37.4 Å². The van der Waals surface area contributed by atoms with E-state index in [0.717, 1.165) is 29.8 Å². The first-order valence-electron chi connectivity index (χ1n) is 6.76. The summed E-state index contributed by atoms with van der Waals surface area (Å²) < 4.78 is 0. The van der Waals surface area contributed by atoms with Crippen LogP contribution in [0.5, 0.6) is 0 Å². The molecule has 0 bridgehead atoms. The van der Waals surface area contributed by atoms with Crippen molar-refractivity contribution in [2.75, 3.05) is 17.3 Å². The van der Waals surface area contributed by atoms with E-state index < -0.39 is 0 Å². The number of carbonyl (C=O) groups is 2. The lowest BCUT2D eigenvalue weighted by Gasteiger charge is -2.31. The summed E-state index contributed by atoms with van der Waals surface area (Å²) in [4.78, 5) is 26.9. The van der Waals surface area contributed by atoms with Crippen LogP contribution in [-0.4, -0.2) is 29.3 Å². The van der Waals surface area contributed by atoms with Gasteiger partial charge in [-0.3, -0.25) is 9.59 Å². The number of carbonyl (C=O) groups excluding carboxylic acids is 2. The molecule has 20 heavy (non-hydrogen) atoms. The lowest BCUT2D eigenvalue weighted by atomic mass is 10.1. The maximum atomic E-state index is 12.4. The van der Waals surface area contributed by atoms with E-state index in [0.29, 0.717) is 10.9 Å². The number of nitrogens with zero attached hydrogens (tertiary/aromatic N) is 1. The zero-order valence-electron chi connectivity index (χ0n) is 11.7. The Morgan fingerprint density at radius 2 is 2.20 bits per heavy atom. The van der Waals surface area contributed by atoms with Gasteiger partial charge in [-0.15, -0.1) is 11.8 Å². The molecule has 5 heteroatoms. The van der Waals surface area contributed by atoms with Gasteiger partial charge in [0.2, 0.25) is 5.91 Å². The van der Waals surface area contributed by atoms with Gasteiger partial charge in [-0.25, -0.2) is 0 Å². The van der Waals surface area contributed by atoms with E-state index >= 15 is 0 Å². The normalized spacial score (nSPS) is 18.1. The van der Waals surface area contributed by atoms with Crippen LogP contribution < -0.4 is 4.90 Å². The summed E-state index contributed by atoms with van der Waals surface area (Å²) in [6, 6.07) is 5.62. The van der Waals surface area contributed by atoms with Gasteiger partial charge in [0.05, 0.1) is 16.3 Å². The van der Waals surface area contributed by atoms with Gasteiger partial charge in [0.1, 0.15) is 0 Å². The standard InChI is InChI=1S/C15H18BrNO2S/c1-3-4-5-14-15(19)17(2)11-8-10(12(18)9-16)6-7-13(11)20-14/h6-8,14H,3-5,9H2,1-2H3. The van der Waals surface area contributed by atoms with E-state index in [9.17, 15) is 9.59 Å². The van der Waals surface area contributed by atoms with E-state index in [1.165, 1.54) is 0 Å². The highest BCUT2D eigenvalue weighted by atomic mass is 79.9. The Morgan fingerprint density at radius 1 is 1.45 bits per heavy atom. The predicted molar refractivity (Wildman–Crippen MR) is 87.1 cm³/mol. The van der Waals surface area contributed by atoms with Crippen LogP contribution in [0.3, 0.4) is 0 Å². The van der Waals surface area contributed by atoms with Gasteiger partial charge >= 0.3 is 0 Å². The van der Waals surface area contributed by atoms with Gasteiger partial charge in [0.15, 0.2) is 5.78 Å². The molecule has 1 unspecified atom stereocenters. The van der Waals surface area contributed by atoms with Gasteiger partial charge in [0.25, 0.3) is 0 Å². The van der Waals surface area contributed by atoms with Gasteiger partial charge < -0.3 is 4.90 Å². The molecule has 0 aromatic heterocycles. The summed E-state index contributed by atoms with van der Waals surface area (Å²) in [5, 5.41) is 0.306. The van der Waals surface area contributed by atoms with Crippen molar-refractivity contribution in [3.8, 4) is 0 Å². The number of ketones is 1. The second-order valence-corrected chi connectivity index (χ2v) is 6.69. The largest absolute Gasteiger partial charge is 0.313 e. The molecule has 0 aliphatic carbocycles. The molecule has 1 aliphatic heterocycles. The number of rotatable bonds is 5. The number of halogens is 1. The second-order valence-electron chi connectivity index (χ2n) is 4.89. The number of anilines is 1.